The number of nitrogens with one attached hydrogen (secondary N) is 2. The fourth-order valence-corrected chi connectivity index (χ4v) is 2.33. The largest absolute Gasteiger partial charge is 0.321 e. The number of benzene rings is 3. The van der Waals surface area contributed by atoms with Crippen molar-refractivity contribution >= 4 is 23.2 Å². The first kappa shape index (κ1) is 16.4. The van der Waals surface area contributed by atoms with E-state index < -0.39 is 11.7 Å². The predicted octanol–water partition coefficient (Wildman–Crippen LogP) is 4.33. The Hall–Kier alpha value is -3.47. The lowest BCUT2D eigenvalue weighted by Gasteiger charge is -2.12. The Kier molecular flexibility index (Phi) is 4.85. The van der Waals surface area contributed by atoms with Crippen LogP contribution in [0.4, 0.5) is 15.8 Å². The zero-order valence-corrected chi connectivity index (χ0v) is 13.2. The van der Waals surface area contributed by atoms with Gasteiger partial charge in [-0.15, -0.1) is 0 Å². The van der Waals surface area contributed by atoms with Crippen LogP contribution in [0.15, 0.2) is 78.9 Å². The Bertz CT molecular complexity index is 910. The Morgan fingerprint density at radius 1 is 0.640 bits per heavy atom. The summed E-state index contributed by atoms with van der Waals surface area (Å²) in [6.07, 6.45) is 0. The van der Waals surface area contributed by atoms with E-state index in [0.717, 1.165) is 0 Å². The highest BCUT2D eigenvalue weighted by molar-refractivity contribution is 6.12. The van der Waals surface area contributed by atoms with Gasteiger partial charge in [-0.25, -0.2) is 4.39 Å². The summed E-state index contributed by atoms with van der Waals surface area (Å²) in [6, 6.07) is 21.2. The molecule has 0 bridgehead atoms. The molecule has 3 aromatic rings. The molecule has 25 heavy (non-hydrogen) atoms. The maximum absolute atomic E-state index is 13.7. The molecule has 3 rings (SSSR count). The van der Waals surface area contributed by atoms with Crippen molar-refractivity contribution in [3.8, 4) is 0 Å². The number of hydrogen-bond donors (Lipinski definition) is 2. The van der Waals surface area contributed by atoms with Gasteiger partial charge in [-0.3, -0.25) is 9.59 Å². The first-order valence-electron chi connectivity index (χ1n) is 7.66. The van der Waals surface area contributed by atoms with E-state index in [-0.39, 0.29) is 17.2 Å². The standard InChI is InChI=1S/C20H15FN2O2/c21-16-11-5-7-13-18(16)23-20(25)15-10-4-6-12-17(15)22-19(24)14-8-2-1-3-9-14/h1-13H,(H,22,24)(H,23,25). The Labute approximate surface area is 144 Å². The Morgan fingerprint density at radius 2 is 1.20 bits per heavy atom. The van der Waals surface area contributed by atoms with Crippen molar-refractivity contribution in [1.29, 1.82) is 0 Å². The van der Waals surface area contributed by atoms with Crippen LogP contribution in [0.3, 0.4) is 0 Å². The summed E-state index contributed by atoms with van der Waals surface area (Å²) < 4.78 is 13.7. The van der Waals surface area contributed by atoms with Gasteiger partial charge < -0.3 is 10.6 Å². The van der Waals surface area contributed by atoms with Gasteiger partial charge in [0.25, 0.3) is 11.8 Å². The summed E-state index contributed by atoms with van der Waals surface area (Å²) >= 11 is 0. The fraction of sp³-hybridized carbons (Fsp3) is 0. The molecule has 0 aliphatic heterocycles. The van der Waals surface area contributed by atoms with Gasteiger partial charge in [-0.05, 0) is 36.4 Å². The van der Waals surface area contributed by atoms with Crippen LogP contribution >= 0.6 is 0 Å². The lowest BCUT2D eigenvalue weighted by Crippen LogP contribution is -2.18. The van der Waals surface area contributed by atoms with Crippen LogP contribution in [0.25, 0.3) is 0 Å². The molecule has 0 fully saturated rings. The third-order valence-corrected chi connectivity index (χ3v) is 3.58. The van der Waals surface area contributed by atoms with Crippen LogP contribution in [0.1, 0.15) is 20.7 Å². The molecule has 124 valence electrons. The van der Waals surface area contributed by atoms with Gasteiger partial charge in [0, 0.05) is 5.56 Å². The van der Waals surface area contributed by atoms with E-state index in [1.165, 1.54) is 12.1 Å². The van der Waals surface area contributed by atoms with Crippen LogP contribution in [0.5, 0.6) is 0 Å². The first-order valence-corrected chi connectivity index (χ1v) is 7.66. The van der Waals surface area contributed by atoms with E-state index in [0.29, 0.717) is 11.3 Å². The van der Waals surface area contributed by atoms with E-state index in [9.17, 15) is 14.0 Å². The predicted molar refractivity (Wildman–Crippen MR) is 95.2 cm³/mol. The molecule has 2 amide bonds. The van der Waals surface area contributed by atoms with Crippen LogP contribution in [0, 0.1) is 5.82 Å². The van der Waals surface area contributed by atoms with E-state index in [1.807, 2.05) is 6.07 Å². The molecule has 0 heterocycles. The third kappa shape index (κ3) is 3.90. The van der Waals surface area contributed by atoms with Crippen molar-refractivity contribution in [1.82, 2.24) is 0 Å². The summed E-state index contributed by atoms with van der Waals surface area (Å²) in [5.41, 5.74) is 1.16. The van der Waals surface area contributed by atoms with E-state index in [4.69, 9.17) is 0 Å². The molecular formula is C20H15FN2O2. The molecule has 3 aromatic carbocycles. The van der Waals surface area contributed by atoms with Gasteiger partial charge in [0.05, 0.1) is 16.9 Å². The number of rotatable bonds is 4. The highest BCUT2D eigenvalue weighted by atomic mass is 19.1. The lowest BCUT2D eigenvalue weighted by atomic mass is 10.1. The average molecular weight is 334 g/mol. The number of amides is 2. The highest BCUT2D eigenvalue weighted by Gasteiger charge is 2.15. The number of para-hydroxylation sites is 2. The molecule has 0 atom stereocenters. The summed E-state index contributed by atoms with van der Waals surface area (Å²) in [5, 5.41) is 5.23. The summed E-state index contributed by atoms with van der Waals surface area (Å²) in [6.45, 7) is 0. The third-order valence-electron chi connectivity index (χ3n) is 3.58. The molecule has 0 spiro atoms. The average Bonchev–Trinajstić information content (AvgIpc) is 2.64. The van der Waals surface area contributed by atoms with Gasteiger partial charge in [0.15, 0.2) is 0 Å². The van der Waals surface area contributed by atoms with Crippen LogP contribution < -0.4 is 10.6 Å². The van der Waals surface area contributed by atoms with E-state index in [2.05, 4.69) is 10.6 Å². The van der Waals surface area contributed by atoms with Gasteiger partial charge >= 0.3 is 0 Å². The van der Waals surface area contributed by atoms with Crippen LogP contribution in [-0.4, -0.2) is 11.8 Å². The monoisotopic (exact) mass is 334 g/mol. The maximum Gasteiger partial charge on any atom is 0.257 e. The second-order valence-electron chi connectivity index (χ2n) is 5.30. The topological polar surface area (TPSA) is 58.2 Å². The molecule has 0 radical (unpaired) electrons. The Morgan fingerprint density at radius 3 is 1.92 bits per heavy atom. The molecule has 2 N–H and O–H groups in total. The SMILES string of the molecule is O=C(Nc1ccccc1C(=O)Nc1ccccc1F)c1ccccc1. The van der Waals surface area contributed by atoms with Crippen molar-refractivity contribution < 1.29 is 14.0 Å². The molecule has 0 saturated carbocycles. The number of carbonyl (C=O) groups excluding carboxylic acids is 2. The van der Waals surface area contributed by atoms with Crippen molar-refractivity contribution in [2.45, 2.75) is 0 Å². The van der Waals surface area contributed by atoms with Gasteiger partial charge in [-0.2, -0.15) is 0 Å². The number of anilines is 2. The van der Waals surface area contributed by atoms with Gasteiger partial charge in [-0.1, -0.05) is 42.5 Å². The minimum atomic E-state index is -0.526. The molecule has 0 aliphatic rings. The van der Waals surface area contributed by atoms with Gasteiger partial charge in [0.1, 0.15) is 5.82 Å². The minimum absolute atomic E-state index is 0.0803. The zero-order valence-electron chi connectivity index (χ0n) is 13.2. The lowest BCUT2D eigenvalue weighted by molar-refractivity contribution is 0.102. The Balaban J connectivity index is 1.82. The summed E-state index contributed by atoms with van der Waals surface area (Å²) in [4.78, 5) is 24.8. The number of carbonyl (C=O) groups is 2. The van der Waals surface area contributed by atoms with E-state index in [1.54, 1.807) is 60.7 Å². The van der Waals surface area contributed by atoms with Crippen molar-refractivity contribution in [3.63, 3.8) is 0 Å². The number of halogens is 1. The summed E-state index contributed by atoms with van der Waals surface area (Å²) in [5.74, 6) is -1.36. The van der Waals surface area contributed by atoms with E-state index >= 15 is 0 Å². The maximum atomic E-state index is 13.7. The second kappa shape index (κ2) is 7.40. The van der Waals surface area contributed by atoms with Crippen LogP contribution in [-0.2, 0) is 0 Å². The fourth-order valence-electron chi connectivity index (χ4n) is 2.33. The van der Waals surface area contributed by atoms with Crippen molar-refractivity contribution in [2.75, 3.05) is 10.6 Å². The normalized spacial score (nSPS) is 10.1. The first-order chi connectivity index (χ1) is 12.1. The van der Waals surface area contributed by atoms with Crippen molar-refractivity contribution in [3.05, 3.63) is 95.8 Å². The molecule has 5 heteroatoms. The second-order valence-corrected chi connectivity index (χ2v) is 5.30. The molecule has 0 aromatic heterocycles. The minimum Gasteiger partial charge on any atom is -0.321 e. The van der Waals surface area contributed by atoms with Crippen LogP contribution in [0.2, 0.25) is 0 Å². The summed E-state index contributed by atoms with van der Waals surface area (Å²) in [7, 11) is 0. The zero-order chi connectivity index (χ0) is 17.6. The molecule has 4 nitrogen and oxygen atoms in total. The molecule has 0 saturated heterocycles. The molecule has 0 unspecified atom stereocenters. The smallest absolute Gasteiger partial charge is 0.257 e. The van der Waals surface area contributed by atoms with Gasteiger partial charge in [0.2, 0.25) is 0 Å². The number of hydrogen-bond acceptors (Lipinski definition) is 2. The molecule has 0 aliphatic carbocycles. The quantitative estimate of drug-likeness (QED) is 0.746. The highest BCUT2D eigenvalue weighted by Crippen LogP contribution is 2.19. The van der Waals surface area contributed by atoms with Crippen molar-refractivity contribution in [2.24, 2.45) is 0 Å². The molecular weight excluding hydrogens is 319 g/mol.